The number of aryl methyl sites for hydroxylation is 1. The minimum atomic E-state index is -0.838. The van der Waals surface area contributed by atoms with Gasteiger partial charge >= 0.3 is 5.97 Å². The van der Waals surface area contributed by atoms with Gasteiger partial charge in [0, 0.05) is 23.4 Å². The highest BCUT2D eigenvalue weighted by molar-refractivity contribution is 5.89. The lowest BCUT2D eigenvalue weighted by Gasteiger charge is -2.23. The third kappa shape index (κ3) is 4.92. The first-order valence-corrected chi connectivity index (χ1v) is 11.6. The lowest BCUT2D eigenvalue weighted by Crippen LogP contribution is -2.13. The van der Waals surface area contributed by atoms with Crippen molar-refractivity contribution in [1.29, 1.82) is 0 Å². The van der Waals surface area contributed by atoms with E-state index in [0.717, 1.165) is 65.0 Å². The topological polar surface area (TPSA) is 60.7 Å². The number of hydrogen-bond acceptors (Lipinski definition) is 3. The largest absolute Gasteiger partial charge is 0.493 e. The lowest BCUT2D eigenvalue weighted by molar-refractivity contribution is -0.136. The summed E-state index contributed by atoms with van der Waals surface area (Å²) in [4.78, 5) is 12.0. The molecule has 2 heterocycles. The summed E-state index contributed by atoms with van der Waals surface area (Å²) in [6.45, 7) is 9.19. The van der Waals surface area contributed by atoms with Crippen LogP contribution in [0.3, 0.4) is 0 Å². The van der Waals surface area contributed by atoms with Crippen LogP contribution in [0.2, 0.25) is 0 Å². The van der Waals surface area contributed by atoms with Gasteiger partial charge in [-0.2, -0.15) is 0 Å². The number of nitrogens with zero attached hydrogens (tertiary/aromatic N) is 1. The smallest absolute Gasteiger partial charge is 0.307 e. The minimum absolute atomic E-state index is 0.0428. The van der Waals surface area contributed by atoms with Gasteiger partial charge in [0.05, 0.1) is 26.3 Å². The molecule has 5 heteroatoms. The average Bonchev–Trinajstić information content (AvgIpc) is 3.06. The molecule has 1 aliphatic heterocycles. The Morgan fingerprint density at radius 3 is 2.48 bits per heavy atom. The first kappa shape index (κ1) is 24.4. The van der Waals surface area contributed by atoms with E-state index in [1.165, 1.54) is 5.57 Å². The number of ether oxygens (including phenoxy) is 2. The molecule has 3 rings (SSSR count). The summed E-state index contributed by atoms with van der Waals surface area (Å²) in [6, 6.07) is 4.00. The zero-order valence-electron chi connectivity index (χ0n) is 20.6. The molecule has 1 aromatic heterocycles. The Morgan fingerprint density at radius 1 is 1.18 bits per heavy atom. The number of methoxy groups -OCH3 is 2. The van der Waals surface area contributed by atoms with Crippen molar-refractivity contribution in [3.05, 3.63) is 64.4 Å². The van der Waals surface area contributed by atoms with Crippen molar-refractivity contribution in [2.45, 2.75) is 59.9 Å². The number of rotatable bonds is 9. The van der Waals surface area contributed by atoms with E-state index < -0.39 is 5.97 Å². The van der Waals surface area contributed by atoms with Crippen LogP contribution in [-0.4, -0.2) is 29.9 Å². The van der Waals surface area contributed by atoms with E-state index in [1.54, 1.807) is 14.2 Å². The van der Waals surface area contributed by atoms with E-state index in [2.05, 4.69) is 43.6 Å². The van der Waals surface area contributed by atoms with Gasteiger partial charge in [-0.15, -0.1) is 0 Å². The number of aromatic nitrogens is 1. The van der Waals surface area contributed by atoms with Crippen LogP contribution in [0, 0.1) is 6.92 Å². The zero-order chi connectivity index (χ0) is 24.1. The fourth-order valence-corrected chi connectivity index (χ4v) is 4.79. The second-order valence-electron chi connectivity index (χ2n) is 8.51. The zero-order valence-corrected chi connectivity index (χ0v) is 20.6. The van der Waals surface area contributed by atoms with Gasteiger partial charge in [0.25, 0.3) is 0 Å². The summed E-state index contributed by atoms with van der Waals surface area (Å²) in [5.41, 5.74) is 8.42. The number of aliphatic carboxylic acids is 1. The normalized spacial score (nSPS) is 13.8. The molecule has 0 saturated heterocycles. The van der Waals surface area contributed by atoms with Crippen LogP contribution >= 0.6 is 0 Å². The van der Waals surface area contributed by atoms with Crippen molar-refractivity contribution >= 4 is 11.5 Å². The van der Waals surface area contributed by atoms with Crippen LogP contribution in [0.5, 0.6) is 11.5 Å². The molecule has 176 valence electrons. The molecule has 33 heavy (non-hydrogen) atoms. The third-order valence-electron chi connectivity index (χ3n) is 6.25. The Morgan fingerprint density at radius 2 is 1.88 bits per heavy atom. The highest BCUT2D eigenvalue weighted by atomic mass is 16.5. The second kappa shape index (κ2) is 10.6. The molecule has 0 fully saturated rings. The number of benzene rings is 1. The van der Waals surface area contributed by atoms with Gasteiger partial charge in [0.1, 0.15) is 0 Å². The van der Waals surface area contributed by atoms with Crippen molar-refractivity contribution in [3.8, 4) is 22.8 Å². The Hall–Kier alpha value is -3.21. The number of carbonyl (C=O) groups is 1. The van der Waals surface area contributed by atoms with Crippen molar-refractivity contribution in [2.75, 3.05) is 14.2 Å². The molecule has 0 bridgehead atoms. The predicted octanol–water partition coefficient (Wildman–Crippen LogP) is 6.37. The maximum atomic E-state index is 12.0. The molecule has 5 nitrogen and oxygen atoms in total. The fourth-order valence-electron chi connectivity index (χ4n) is 4.79. The van der Waals surface area contributed by atoms with Crippen LogP contribution in [0.1, 0.15) is 56.0 Å². The van der Waals surface area contributed by atoms with Gasteiger partial charge in [-0.1, -0.05) is 43.2 Å². The number of carboxylic acid groups (broad SMARTS) is 1. The van der Waals surface area contributed by atoms with Crippen molar-refractivity contribution in [2.24, 2.45) is 0 Å². The maximum Gasteiger partial charge on any atom is 0.307 e. The second-order valence-corrected chi connectivity index (χ2v) is 8.51. The monoisotopic (exact) mass is 449 g/mol. The highest BCUT2D eigenvalue weighted by Gasteiger charge is 2.29. The molecule has 1 aliphatic rings. The predicted molar refractivity (Wildman–Crippen MR) is 134 cm³/mol. The molecule has 0 radical (unpaired) electrons. The highest BCUT2D eigenvalue weighted by Crippen LogP contribution is 2.44. The molecule has 1 aromatic carbocycles. The van der Waals surface area contributed by atoms with Crippen LogP contribution in [0.4, 0.5) is 0 Å². The average molecular weight is 450 g/mol. The van der Waals surface area contributed by atoms with Crippen molar-refractivity contribution < 1.29 is 19.4 Å². The van der Waals surface area contributed by atoms with E-state index in [9.17, 15) is 9.90 Å². The first-order valence-electron chi connectivity index (χ1n) is 11.6. The van der Waals surface area contributed by atoms with Gasteiger partial charge in [0.2, 0.25) is 0 Å². The minimum Gasteiger partial charge on any atom is -0.493 e. The number of fused-ring (bicyclic) bond motifs is 3. The molecule has 0 amide bonds. The van der Waals surface area contributed by atoms with Crippen LogP contribution in [0.25, 0.3) is 16.8 Å². The SMILES string of the molecule is C\C=C/C(=C\C=C(/C)CCC)c1c(CC(=O)O)c2n(c1C)CCc1cc(OC)c(OC)cc1-2. The summed E-state index contributed by atoms with van der Waals surface area (Å²) in [5, 5.41) is 9.83. The van der Waals surface area contributed by atoms with E-state index >= 15 is 0 Å². The molecule has 0 aliphatic carbocycles. The molecule has 0 atom stereocenters. The van der Waals surface area contributed by atoms with Crippen LogP contribution in [-0.2, 0) is 24.2 Å². The Balaban J connectivity index is 2.31. The molecule has 0 saturated carbocycles. The summed E-state index contributed by atoms with van der Waals surface area (Å²) in [7, 11) is 3.26. The maximum absolute atomic E-state index is 12.0. The van der Waals surface area contributed by atoms with Gasteiger partial charge in [0.15, 0.2) is 11.5 Å². The van der Waals surface area contributed by atoms with E-state index in [0.29, 0.717) is 11.5 Å². The quantitative estimate of drug-likeness (QED) is 0.452. The molecular weight excluding hydrogens is 414 g/mol. The van der Waals surface area contributed by atoms with E-state index in [1.807, 2.05) is 25.1 Å². The van der Waals surface area contributed by atoms with Crippen molar-refractivity contribution in [3.63, 3.8) is 0 Å². The third-order valence-corrected chi connectivity index (χ3v) is 6.25. The van der Waals surface area contributed by atoms with Crippen LogP contribution in [0.15, 0.2) is 42.0 Å². The van der Waals surface area contributed by atoms with Gasteiger partial charge in [-0.05, 0) is 62.4 Å². The summed E-state index contributed by atoms with van der Waals surface area (Å²) < 4.78 is 13.3. The van der Waals surface area contributed by atoms with Gasteiger partial charge in [-0.3, -0.25) is 4.79 Å². The fraction of sp³-hybridized carbons (Fsp3) is 0.393. The van der Waals surface area contributed by atoms with Gasteiger partial charge < -0.3 is 19.1 Å². The van der Waals surface area contributed by atoms with Gasteiger partial charge in [-0.25, -0.2) is 0 Å². The first-order chi connectivity index (χ1) is 15.9. The standard InChI is InChI=1S/C28H35NO4/c1-7-9-18(3)11-12-20(10-8-2)27-19(4)29-14-13-21-15-24(32-5)25(33-6)16-22(21)28(29)23(27)17-26(30)31/h8,10-12,15-16H,7,9,13-14,17H2,1-6H3,(H,30,31)/b10-8-,18-11+,20-12+. The van der Waals surface area contributed by atoms with Crippen molar-refractivity contribution in [1.82, 2.24) is 4.57 Å². The lowest BCUT2D eigenvalue weighted by atomic mass is 9.91. The number of allylic oxidation sites excluding steroid dienone is 6. The number of carboxylic acids is 1. The molecule has 1 N–H and O–H groups in total. The summed E-state index contributed by atoms with van der Waals surface area (Å²) >= 11 is 0. The van der Waals surface area contributed by atoms with E-state index in [-0.39, 0.29) is 6.42 Å². The Labute approximate surface area is 197 Å². The number of hydrogen-bond donors (Lipinski definition) is 1. The Kier molecular flexibility index (Phi) is 7.85. The Bertz CT molecular complexity index is 1130. The molecule has 2 aromatic rings. The van der Waals surface area contributed by atoms with E-state index in [4.69, 9.17) is 9.47 Å². The molecular formula is C28H35NO4. The van der Waals surface area contributed by atoms with Crippen LogP contribution < -0.4 is 9.47 Å². The molecule has 0 spiro atoms. The molecule has 0 unspecified atom stereocenters. The summed E-state index contributed by atoms with van der Waals surface area (Å²) in [5.74, 6) is 0.502. The summed E-state index contributed by atoms with van der Waals surface area (Å²) in [6.07, 6.45) is 11.3.